The Labute approximate surface area is 63.8 Å². The summed E-state index contributed by atoms with van der Waals surface area (Å²) < 4.78 is 4.71. The summed E-state index contributed by atoms with van der Waals surface area (Å²) >= 11 is 0. The fourth-order valence-electron chi connectivity index (χ4n) is 1.08. The van der Waals surface area contributed by atoms with Gasteiger partial charge < -0.3 is 25.2 Å². The van der Waals surface area contributed by atoms with E-state index in [1.165, 1.54) is 0 Å². The second-order valence-corrected chi connectivity index (χ2v) is 2.61. The maximum Gasteiger partial charge on any atom is 0.157 e. The molecule has 1 rings (SSSR count). The van der Waals surface area contributed by atoms with Crippen LogP contribution in [0.15, 0.2) is 0 Å². The van der Waals surface area contributed by atoms with Gasteiger partial charge in [-0.2, -0.15) is 0 Å². The molecule has 0 aliphatic carbocycles. The first-order chi connectivity index (χ1) is 5.15. The number of hydrogen-bond acceptors (Lipinski definition) is 5. The van der Waals surface area contributed by atoms with Crippen molar-refractivity contribution in [1.82, 2.24) is 0 Å². The van der Waals surface area contributed by atoms with E-state index in [-0.39, 0.29) is 6.42 Å². The van der Waals surface area contributed by atoms with Crippen molar-refractivity contribution >= 4 is 0 Å². The molecule has 2 unspecified atom stereocenters. The van der Waals surface area contributed by atoms with Gasteiger partial charge in [0.05, 0.1) is 12.7 Å². The molecule has 5 nitrogen and oxygen atoms in total. The molecule has 4 N–H and O–H groups in total. The van der Waals surface area contributed by atoms with E-state index in [9.17, 15) is 0 Å². The van der Waals surface area contributed by atoms with Crippen molar-refractivity contribution in [2.45, 2.75) is 31.0 Å². The third-order valence-corrected chi connectivity index (χ3v) is 1.73. The fraction of sp³-hybridized carbons (Fsp3) is 1.00. The normalized spacial score (nSPS) is 45.8. The Morgan fingerprint density at radius 2 is 1.91 bits per heavy atom. The molecule has 5 heteroatoms. The second-order valence-electron chi connectivity index (χ2n) is 2.61. The van der Waals surface area contributed by atoms with Crippen LogP contribution in [0.25, 0.3) is 0 Å². The maximum atomic E-state index is 9.11. The van der Waals surface area contributed by atoms with Gasteiger partial charge in [0.25, 0.3) is 0 Å². The number of aliphatic hydroxyl groups is 4. The highest BCUT2D eigenvalue weighted by Crippen LogP contribution is 2.18. The third-order valence-electron chi connectivity index (χ3n) is 1.73. The molecule has 0 aromatic rings. The Morgan fingerprint density at radius 1 is 1.27 bits per heavy atom. The summed E-state index contributed by atoms with van der Waals surface area (Å²) in [6.45, 7) is -0.407. The minimum absolute atomic E-state index is 0.0162. The van der Waals surface area contributed by atoms with E-state index in [0.29, 0.717) is 0 Å². The summed E-state index contributed by atoms with van der Waals surface area (Å²) in [5.74, 6) is 0. The quantitative estimate of drug-likeness (QED) is 0.353. The summed E-state index contributed by atoms with van der Waals surface area (Å²) in [6.07, 6.45) is -4.11. The summed E-state index contributed by atoms with van der Waals surface area (Å²) in [5, 5.41) is 35.6. The predicted octanol–water partition coefficient (Wildman–Crippen LogP) is -2.19. The topological polar surface area (TPSA) is 90.2 Å². The molecule has 1 heterocycles. The third kappa shape index (κ3) is 1.88. The van der Waals surface area contributed by atoms with Gasteiger partial charge in [0, 0.05) is 6.42 Å². The van der Waals surface area contributed by atoms with E-state index in [4.69, 9.17) is 25.2 Å². The molecule has 0 bridgehead atoms. The average Bonchev–Trinajstić information content (AvgIpc) is 1.96. The summed E-state index contributed by atoms with van der Waals surface area (Å²) in [6, 6.07) is 0. The van der Waals surface area contributed by atoms with E-state index < -0.39 is 31.2 Å². The summed E-state index contributed by atoms with van der Waals surface area (Å²) in [4.78, 5) is 0. The van der Waals surface area contributed by atoms with Crippen molar-refractivity contribution < 1.29 is 25.2 Å². The van der Waals surface area contributed by atoms with Crippen LogP contribution in [0, 0.1) is 0 Å². The van der Waals surface area contributed by atoms with Crippen LogP contribution >= 0.6 is 0 Å². The molecule has 1 aliphatic rings. The van der Waals surface area contributed by atoms with Gasteiger partial charge in [0.1, 0.15) is 12.2 Å². The Hall–Kier alpha value is -0.200. The standard InChI is InChI=1S/C6H12O5/c7-2-4-6(10)3(8)1-5(9)11-4/h3-10H,1-2H2/t3?,4-,5?,6+/m1/s1. The number of ether oxygens (including phenoxy) is 1. The van der Waals surface area contributed by atoms with Crippen molar-refractivity contribution in [1.29, 1.82) is 0 Å². The van der Waals surface area contributed by atoms with E-state index >= 15 is 0 Å². The molecule has 1 aliphatic heterocycles. The van der Waals surface area contributed by atoms with Gasteiger partial charge in [0.15, 0.2) is 6.29 Å². The van der Waals surface area contributed by atoms with Crippen molar-refractivity contribution in [3.05, 3.63) is 0 Å². The van der Waals surface area contributed by atoms with Crippen molar-refractivity contribution in [3.63, 3.8) is 0 Å². The summed E-state index contributed by atoms with van der Waals surface area (Å²) in [5.41, 5.74) is 0. The zero-order valence-corrected chi connectivity index (χ0v) is 5.92. The highest BCUT2D eigenvalue weighted by atomic mass is 16.6. The van der Waals surface area contributed by atoms with Gasteiger partial charge in [-0.15, -0.1) is 0 Å². The molecule has 0 aromatic heterocycles. The molecule has 0 spiro atoms. The fourth-order valence-corrected chi connectivity index (χ4v) is 1.08. The lowest BCUT2D eigenvalue weighted by molar-refractivity contribution is -0.239. The zero-order chi connectivity index (χ0) is 8.43. The molecule has 0 aromatic carbocycles. The molecule has 66 valence electrons. The molecule has 11 heavy (non-hydrogen) atoms. The monoisotopic (exact) mass is 164 g/mol. The molecular weight excluding hydrogens is 152 g/mol. The lowest BCUT2D eigenvalue weighted by atomic mass is 10.0. The number of aliphatic hydroxyl groups excluding tert-OH is 4. The number of hydrogen-bond donors (Lipinski definition) is 4. The lowest BCUT2D eigenvalue weighted by Gasteiger charge is -2.33. The Bertz CT molecular complexity index is 128. The van der Waals surface area contributed by atoms with Gasteiger partial charge in [-0.3, -0.25) is 0 Å². The first-order valence-corrected chi connectivity index (χ1v) is 3.45. The van der Waals surface area contributed by atoms with Crippen LogP contribution in [0.3, 0.4) is 0 Å². The Morgan fingerprint density at radius 3 is 2.45 bits per heavy atom. The van der Waals surface area contributed by atoms with Gasteiger partial charge in [-0.05, 0) is 0 Å². The van der Waals surface area contributed by atoms with Crippen molar-refractivity contribution in [2.75, 3.05) is 6.61 Å². The van der Waals surface area contributed by atoms with Crippen LogP contribution in [-0.4, -0.2) is 51.6 Å². The predicted molar refractivity (Wildman–Crippen MR) is 34.6 cm³/mol. The molecule has 0 amide bonds. The van der Waals surface area contributed by atoms with Gasteiger partial charge >= 0.3 is 0 Å². The first-order valence-electron chi connectivity index (χ1n) is 3.45. The zero-order valence-electron chi connectivity index (χ0n) is 5.92. The Kier molecular flexibility index (Phi) is 2.80. The van der Waals surface area contributed by atoms with E-state index in [0.717, 1.165) is 0 Å². The highest BCUT2D eigenvalue weighted by molar-refractivity contribution is 4.81. The lowest BCUT2D eigenvalue weighted by Crippen LogP contribution is -2.49. The van der Waals surface area contributed by atoms with Crippen LogP contribution < -0.4 is 0 Å². The molecular formula is C6H12O5. The largest absolute Gasteiger partial charge is 0.394 e. The minimum Gasteiger partial charge on any atom is -0.394 e. The van der Waals surface area contributed by atoms with Crippen LogP contribution in [0.4, 0.5) is 0 Å². The summed E-state index contributed by atoms with van der Waals surface area (Å²) in [7, 11) is 0. The van der Waals surface area contributed by atoms with Crippen molar-refractivity contribution in [3.8, 4) is 0 Å². The maximum absolute atomic E-state index is 9.11. The number of rotatable bonds is 1. The molecule has 4 atom stereocenters. The molecule has 0 radical (unpaired) electrons. The smallest absolute Gasteiger partial charge is 0.157 e. The van der Waals surface area contributed by atoms with Crippen LogP contribution in [-0.2, 0) is 4.74 Å². The second kappa shape index (κ2) is 3.46. The average molecular weight is 164 g/mol. The first kappa shape index (κ1) is 8.89. The van der Waals surface area contributed by atoms with Gasteiger partial charge in [-0.25, -0.2) is 0 Å². The Balaban J connectivity index is 2.51. The van der Waals surface area contributed by atoms with Crippen molar-refractivity contribution in [2.24, 2.45) is 0 Å². The highest BCUT2D eigenvalue weighted by Gasteiger charge is 2.35. The van der Waals surface area contributed by atoms with Crippen LogP contribution in [0.1, 0.15) is 6.42 Å². The molecule has 1 fully saturated rings. The minimum atomic E-state index is -1.11. The van der Waals surface area contributed by atoms with E-state index in [2.05, 4.69) is 0 Å². The van der Waals surface area contributed by atoms with Crippen LogP contribution in [0.5, 0.6) is 0 Å². The van der Waals surface area contributed by atoms with E-state index in [1.54, 1.807) is 0 Å². The van der Waals surface area contributed by atoms with Gasteiger partial charge in [0.2, 0.25) is 0 Å². The van der Waals surface area contributed by atoms with Gasteiger partial charge in [-0.1, -0.05) is 0 Å². The molecule has 1 saturated heterocycles. The molecule has 0 saturated carbocycles. The SMILES string of the molecule is OC[C@H]1OC(O)CC(O)[C@@H]1O. The van der Waals surface area contributed by atoms with E-state index in [1.807, 2.05) is 0 Å². The van der Waals surface area contributed by atoms with Crippen LogP contribution in [0.2, 0.25) is 0 Å².